The summed E-state index contributed by atoms with van der Waals surface area (Å²) >= 11 is 9.30. The lowest BCUT2D eigenvalue weighted by atomic mass is 10.2. The van der Waals surface area contributed by atoms with Crippen LogP contribution in [-0.2, 0) is 9.53 Å². The molecule has 110 valence electrons. The fourth-order valence-corrected chi connectivity index (χ4v) is 2.14. The summed E-state index contributed by atoms with van der Waals surface area (Å²) in [6.07, 6.45) is -0.124. The number of benzene rings is 1. The van der Waals surface area contributed by atoms with Gasteiger partial charge in [0.2, 0.25) is 0 Å². The van der Waals surface area contributed by atoms with E-state index >= 15 is 0 Å². The van der Waals surface area contributed by atoms with Crippen LogP contribution in [0.4, 0.5) is 0 Å². The maximum Gasteiger partial charge on any atom is 0.305 e. The third kappa shape index (κ3) is 5.11. The first-order chi connectivity index (χ1) is 9.45. The molecule has 0 fully saturated rings. The van der Waals surface area contributed by atoms with E-state index in [1.54, 1.807) is 18.2 Å². The van der Waals surface area contributed by atoms with Gasteiger partial charge in [-0.05, 0) is 18.2 Å². The van der Waals surface area contributed by atoms with E-state index in [0.717, 1.165) is 4.47 Å². The maximum absolute atomic E-state index is 12.4. The minimum atomic E-state index is -0.958. The lowest BCUT2D eigenvalue weighted by molar-refractivity contribution is -0.137. The molecule has 1 amide bonds. The smallest absolute Gasteiger partial charge is 0.305 e. The summed E-state index contributed by atoms with van der Waals surface area (Å²) in [5.74, 6) is -1.27. The minimum Gasteiger partial charge on any atom is -0.481 e. The third-order valence-electron chi connectivity index (χ3n) is 2.61. The number of hydrogen-bond donors (Lipinski definition) is 1. The van der Waals surface area contributed by atoms with Crippen LogP contribution in [0.15, 0.2) is 22.7 Å². The van der Waals surface area contributed by atoms with Crippen molar-refractivity contribution >= 4 is 39.4 Å². The summed E-state index contributed by atoms with van der Waals surface area (Å²) in [7, 11) is 1.52. The van der Waals surface area contributed by atoms with Gasteiger partial charge in [-0.25, -0.2) is 0 Å². The zero-order valence-electron chi connectivity index (χ0n) is 10.9. The van der Waals surface area contributed by atoms with Crippen LogP contribution in [0, 0.1) is 0 Å². The number of carbonyl (C=O) groups is 2. The highest BCUT2D eigenvalue weighted by Gasteiger charge is 2.19. The van der Waals surface area contributed by atoms with Crippen LogP contribution in [0.25, 0.3) is 0 Å². The van der Waals surface area contributed by atoms with E-state index in [9.17, 15) is 9.59 Å². The van der Waals surface area contributed by atoms with Crippen molar-refractivity contribution in [2.24, 2.45) is 0 Å². The van der Waals surface area contributed by atoms with Crippen LogP contribution in [0.3, 0.4) is 0 Å². The Kier molecular flexibility index (Phi) is 6.98. The quantitative estimate of drug-likeness (QED) is 0.808. The van der Waals surface area contributed by atoms with Gasteiger partial charge in [0, 0.05) is 24.7 Å². The monoisotopic (exact) mass is 363 g/mol. The average Bonchev–Trinajstić information content (AvgIpc) is 2.40. The van der Waals surface area contributed by atoms with Crippen molar-refractivity contribution in [2.45, 2.75) is 6.42 Å². The summed E-state index contributed by atoms with van der Waals surface area (Å²) < 4.78 is 5.67. The molecule has 0 saturated heterocycles. The number of nitrogens with zero attached hydrogens (tertiary/aromatic N) is 1. The minimum absolute atomic E-state index is 0.111. The molecule has 0 spiro atoms. The lowest BCUT2D eigenvalue weighted by Gasteiger charge is -2.22. The molecular weight excluding hydrogens is 350 g/mol. The Morgan fingerprint density at radius 2 is 2.10 bits per heavy atom. The molecule has 1 aromatic carbocycles. The molecule has 0 saturated carbocycles. The Morgan fingerprint density at radius 1 is 1.40 bits per heavy atom. The summed E-state index contributed by atoms with van der Waals surface area (Å²) in [4.78, 5) is 24.5. The van der Waals surface area contributed by atoms with Crippen LogP contribution < -0.4 is 0 Å². The van der Waals surface area contributed by atoms with E-state index in [4.69, 9.17) is 21.4 Å². The van der Waals surface area contributed by atoms with Gasteiger partial charge >= 0.3 is 5.97 Å². The number of halogens is 2. The van der Waals surface area contributed by atoms with Gasteiger partial charge in [0.25, 0.3) is 5.91 Å². The molecule has 0 unspecified atom stereocenters. The third-order valence-corrected chi connectivity index (χ3v) is 3.43. The number of hydrogen-bond acceptors (Lipinski definition) is 3. The molecular formula is C13H15BrClNO4. The molecule has 20 heavy (non-hydrogen) atoms. The average molecular weight is 365 g/mol. The van der Waals surface area contributed by atoms with Gasteiger partial charge in [0.15, 0.2) is 0 Å². The largest absolute Gasteiger partial charge is 0.481 e. The number of carboxylic acids is 1. The number of rotatable bonds is 7. The maximum atomic E-state index is 12.4. The Bertz CT molecular complexity index is 495. The Hall–Kier alpha value is -1.11. The van der Waals surface area contributed by atoms with Crippen LogP contribution in [0.5, 0.6) is 0 Å². The highest BCUT2D eigenvalue weighted by atomic mass is 79.9. The molecule has 1 aromatic rings. The van der Waals surface area contributed by atoms with Crippen molar-refractivity contribution in [3.05, 3.63) is 33.3 Å². The Balaban J connectivity index is 2.90. The Labute approximate surface area is 130 Å². The second kappa shape index (κ2) is 8.24. The van der Waals surface area contributed by atoms with E-state index in [-0.39, 0.29) is 18.9 Å². The lowest BCUT2D eigenvalue weighted by Crippen LogP contribution is -2.35. The number of carboxylic acid groups (broad SMARTS) is 1. The SMILES string of the molecule is COCCN(CCC(=O)O)C(=O)c1cc(Br)ccc1Cl. The Morgan fingerprint density at radius 3 is 2.70 bits per heavy atom. The molecule has 0 aliphatic heterocycles. The molecule has 0 atom stereocenters. The molecule has 5 nitrogen and oxygen atoms in total. The highest BCUT2D eigenvalue weighted by Crippen LogP contribution is 2.22. The number of aliphatic carboxylic acids is 1. The molecule has 0 radical (unpaired) electrons. The zero-order chi connectivity index (χ0) is 15.1. The predicted molar refractivity (Wildman–Crippen MR) is 79.2 cm³/mol. The summed E-state index contributed by atoms with van der Waals surface area (Å²) in [5.41, 5.74) is 0.336. The van der Waals surface area contributed by atoms with Gasteiger partial charge in [-0.1, -0.05) is 27.5 Å². The highest BCUT2D eigenvalue weighted by molar-refractivity contribution is 9.10. The topological polar surface area (TPSA) is 66.8 Å². The summed E-state index contributed by atoms with van der Waals surface area (Å²) in [5, 5.41) is 9.07. The van der Waals surface area contributed by atoms with Gasteiger partial charge in [-0.3, -0.25) is 9.59 Å². The fourth-order valence-electron chi connectivity index (χ4n) is 1.58. The van der Waals surface area contributed by atoms with Gasteiger partial charge < -0.3 is 14.7 Å². The molecule has 0 bridgehead atoms. The molecule has 0 aromatic heterocycles. The molecule has 1 N–H and O–H groups in total. The van der Waals surface area contributed by atoms with Gasteiger partial charge in [0.1, 0.15) is 0 Å². The van der Waals surface area contributed by atoms with Crippen LogP contribution in [0.2, 0.25) is 5.02 Å². The van der Waals surface area contributed by atoms with E-state index in [1.807, 2.05) is 0 Å². The molecule has 0 aliphatic rings. The standard InChI is InChI=1S/C13H15BrClNO4/c1-20-7-6-16(5-4-12(17)18)13(19)10-8-9(14)2-3-11(10)15/h2-3,8H,4-7H2,1H3,(H,17,18). The van der Waals surface area contributed by atoms with E-state index in [1.165, 1.54) is 12.0 Å². The van der Waals surface area contributed by atoms with Gasteiger partial charge in [0.05, 0.1) is 23.6 Å². The van der Waals surface area contributed by atoms with E-state index < -0.39 is 5.97 Å². The van der Waals surface area contributed by atoms with Crippen LogP contribution in [-0.4, -0.2) is 48.7 Å². The first-order valence-corrected chi connectivity index (χ1v) is 7.08. The van der Waals surface area contributed by atoms with Crippen molar-refractivity contribution in [1.29, 1.82) is 0 Å². The number of amides is 1. The molecule has 7 heteroatoms. The number of carbonyl (C=O) groups excluding carboxylic acids is 1. The zero-order valence-corrected chi connectivity index (χ0v) is 13.3. The summed E-state index contributed by atoms with van der Waals surface area (Å²) in [6.45, 7) is 0.753. The van der Waals surface area contributed by atoms with E-state index in [2.05, 4.69) is 15.9 Å². The van der Waals surface area contributed by atoms with Crippen molar-refractivity contribution in [2.75, 3.05) is 26.8 Å². The van der Waals surface area contributed by atoms with Gasteiger partial charge in [-0.2, -0.15) is 0 Å². The van der Waals surface area contributed by atoms with Gasteiger partial charge in [-0.15, -0.1) is 0 Å². The molecule has 0 heterocycles. The number of methoxy groups -OCH3 is 1. The van der Waals surface area contributed by atoms with Crippen molar-refractivity contribution in [1.82, 2.24) is 4.90 Å². The molecule has 1 rings (SSSR count). The van der Waals surface area contributed by atoms with Crippen LogP contribution in [0.1, 0.15) is 16.8 Å². The predicted octanol–water partition coefficient (Wildman–Crippen LogP) is 2.67. The molecule has 0 aliphatic carbocycles. The van der Waals surface area contributed by atoms with E-state index in [0.29, 0.717) is 23.7 Å². The summed E-state index contributed by atoms with van der Waals surface area (Å²) in [6, 6.07) is 4.96. The van der Waals surface area contributed by atoms with Crippen molar-refractivity contribution in [3.63, 3.8) is 0 Å². The first-order valence-electron chi connectivity index (χ1n) is 5.90. The van der Waals surface area contributed by atoms with Crippen LogP contribution >= 0.6 is 27.5 Å². The van der Waals surface area contributed by atoms with Crippen molar-refractivity contribution < 1.29 is 19.4 Å². The second-order valence-electron chi connectivity index (χ2n) is 4.05. The normalized spacial score (nSPS) is 10.3. The second-order valence-corrected chi connectivity index (χ2v) is 5.38. The number of ether oxygens (including phenoxy) is 1. The fraction of sp³-hybridized carbons (Fsp3) is 0.385. The first kappa shape index (κ1) is 16.9. The van der Waals surface area contributed by atoms with Crippen molar-refractivity contribution in [3.8, 4) is 0 Å².